The summed E-state index contributed by atoms with van der Waals surface area (Å²) in [6.45, 7) is 4.12. The zero-order valence-corrected chi connectivity index (χ0v) is 8.58. The maximum Gasteiger partial charge on any atom is 0.288 e. The molecule has 0 fully saturated rings. The number of rotatable bonds is 5. The van der Waals surface area contributed by atoms with Crippen molar-refractivity contribution in [3.05, 3.63) is 12.2 Å². The molecule has 0 bridgehead atoms. The van der Waals surface area contributed by atoms with Crippen molar-refractivity contribution in [2.75, 3.05) is 0 Å². The largest absolute Gasteiger partial charge is 0.347 e. The summed E-state index contributed by atoms with van der Waals surface area (Å²) in [6.07, 6.45) is 4.59. The number of carbonyl (C=O) groups is 1. The lowest BCUT2D eigenvalue weighted by atomic mass is 10.1. The molecule has 0 radical (unpaired) electrons. The van der Waals surface area contributed by atoms with Gasteiger partial charge in [0.1, 0.15) is 6.33 Å². The van der Waals surface area contributed by atoms with E-state index >= 15 is 0 Å². The van der Waals surface area contributed by atoms with Gasteiger partial charge in [-0.2, -0.15) is 5.10 Å². The SMILES string of the molecule is CCCCC(C)NC(=O)c1ncn[nH]1. The van der Waals surface area contributed by atoms with Crippen LogP contribution in [0.5, 0.6) is 0 Å². The molecule has 1 unspecified atom stereocenters. The summed E-state index contributed by atoms with van der Waals surface area (Å²) in [5, 5.41) is 8.99. The first-order valence-corrected chi connectivity index (χ1v) is 4.90. The zero-order valence-electron chi connectivity index (χ0n) is 8.58. The summed E-state index contributed by atoms with van der Waals surface area (Å²) in [4.78, 5) is 15.2. The standard InChI is InChI=1S/C9H16N4O/c1-3-4-5-7(2)12-9(14)8-10-6-11-13-8/h6-7H,3-5H2,1-2H3,(H,12,14)(H,10,11,13). The minimum absolute atomic E-state index is 0.188. The number of unbranched alkanes of at least 4 members (excludes halogenated alkanes) is 1. The third-order valence-corrected chi connectivity index (χ3v) is 2.00. The van der Waals surface area contributed by atoms with E-state index in [0.29, 0.717) is 0 Å². The highest BCUT2D eigenvalue weighted by atomic mass is 16.2. The Morgan fingerprint density at radius 1 is 1.71 bits per heavy atom. The van der Waals surface area contributed by atoms with E-state index in [-0.39, 0.29) is 17.8 Å². The van der Waals surface area contributed by atoms with Crippen molar-refractivity contribution in [1.82, 2.24) is 20.5 Å². The lowest BCUT2D eigenvalue weighted by molar-refractivity contribution is 0.0928. The minimum Gasteiger partial charge on any atom is -0.347 e. The number of aromatic nitrogens is 3. The van der Waals surface area contributed by atoms with E-state index in [1.807, 2.05) is 6.92 Å². The molecule has 5 heteroatoms. The van der Waals surface area contributed by atoms with Gasteiger partial charge in [-0.1, -0.05) is 19.8 Å². The van der Waals surface area contributed by atoms with Crippen LogP contribution in [0.15, 0.2) is 6.33 Å². The monoisotopic (exact) mass is 196 g/mol. The van der Waals surface area contributed by atoms with E-state index in [1.54, 1.807) is 0 Å². The summed E-state index contributed by atoms with van der Waals surface area (Å²) in [6, 6.07) is 0.188. The summed E-state index contributed by atoms with van der Waals surface area (Å²) in [5.41, 5.74) is 0. The summed E-state index contributed by atoms with van der Waals surface area (Å²) in [5.74, 6) is 0.0828. The smallest absolute Gasteiger partial charge is 0.288 e. The molecule has 0 spiro atoms. The molecule has 1 aromatic rings. The number of carbonyl (C=O) groups excluding carboxylic acids is 1. The molecule has 0 aliphatic carbocycles. The fraction of sp³-hybridized carbons (Fsp3) is 0.667. The quantitative estimate of drug-likeness (QED) is 0.741. The Bertz CT molecular complexity index is 270. The number of amides is 1. The van der Waals surface area contributed by atoms with Crippen LogP contribution in [0.25, 0.3) is 0 Å². The van der Waals surface area contributed by atoms with Crippen molar-refractivity contribution >= 4 is 5.91 Å². The third kappa shape index (κ3) is 3.16. The molecule has 0 aliphatic heterocycles. The van der Waals surface area contributed by atoms with Crippen molar-refractivity contribution in [2.24, 2.45) is 0 Å². The first-order chi connectivity index (χ1) is 6.74. The number of nitrogens with one attached hydrogen (secondary N) is 2. The first kappa shape index (κ1) is 10.7. The van der Waals surface area contributed by atoms with Crippen LogP contribution in [0.3, 0.4) is 0 Å². The fourth-order valence-corrected chi connectivity index (χ4v) is 1.19. The van der Waals surface area contributed by atoms with Gasteiger partial charge < -0.3 is 5.32 Å². The normalized spacial score (nSPS) is 12.4. The third-order valence-electron chi connectivity index (χ3n) is 2.00. The van der Waals surface area contributed by atoms with E-state index < -0.39 is 0 Å². The second kappa shape index (κ2) is 5.36. The number of nitrogens with zero attached hydrogens (tertiary/aromatic N) is 2. The van der Waals surface area contributed by atoms with Gasteiger partial charge in [-0.15, -0.1) is 0 Å². The summed E-state index contributed by atoms with van der Waals surface area (Å²) < 4.78 is 0. The Kier molecular flexibility index (Phi) is 4.10. The Hall–Kier alpha value is -1.39. The molecule has 1 atom stereocenters. The van der Waals surface area contributed by atoms with Gasteiger partial charge in [0.15, 0.2) is 0 Å². The van der Waals surface area contributed by atoms with Gasteiger partial charge in [0, 0.05) is 6.04 Å². The zero-order chi connectivity index (χ0) is 10.4. The molecule has 1 heterocycles. The molecular weight excluding hydrogens is 180 g/mol. The van der Waals surface area contributed by atoms with E-state index in [2.05, 4.69) is 27.4 Å². The highest BCUT2D eigenvalue weighted by molar-refractivity contribution is 5.90. The maximum atomic E-state index is 11.4. The van der Waals surface area contributed by atoms with Crippen molar-refractivity contribution in [2.45, 2.75) is 39.2 Å². The average Bonchev–Trinajstić information content (AvgIpc) is 2.67. The van der Waals surface area contributed by atoms with Gasteiger partial charge in [0.05, 0.1) is 0 Å². The molecule has 14 heavy (non-hydrogen) atoms. The van der Waals surface area contributed by atoms with Crippen LogP contribution in [0.2, 0.25) is 0 Å². The highest BCUT2D eigenvalue weighted by Gasteiger charge is 2.11. The van der Waals surface area contributed by atoms with Gasteiger partial charge in [0.2, 0.25) is 5.82 Å². The molecule has 0 saturated carbocycles. The summed E-state index contributed by atoms with van der Waals surface area (Å²) >= 11 is 0. The molecule has 78 valence electrons. The van der Waals surface area contributed by atoms with Gasteiger partial charge >= 0.3 is 0 Å². The Labute approximate surface area is 83.3 Å². The lowest BCUT2D eigenvalue weighted by Crippen LogP contribution is -2.33. The number of H-pyrrole nitrogens is 1. The fourth-order valence-electron chi connectivity index (χ4n) is 1.19. The molecule has 1 aromatic heterocycles. The second-order valence-electron chi connectivity index (χ2n) is 3.35. The molecule has 2 N–H and O–H groups in total. The van der Waals surface area contributed by atoms with Crippen LogP contribution in [0, 0.1) is 0 Å². The van der Waals surface area contributed by atoms with Crippen LogP contribution in [0.1, 0.15) is 43.7 Å². The second-order valence-corrected chi connectivity index (χ2v) is 3.35. The molecule has 1 rings (SSSR count). The van der Waals surface area contributed by atoms with Crippen molar-refractivity contribution in [1.29, 1.82) is 0 Å². The van der Waals surface area contributed by atoms with Gasteiger partial charge in [-0.05, 0) is 13.3 Å². The lowest BCUT2D eigenvalue weighted by Gasteiger charge is -2.11. The average molecular weight is 196 g/mol. The number of hydrogen-bond donors (Lipinski definition) is 2. The summed E-state index contributed by atoms with van der Waals surface area (Å²) in [7, 11) is 0. The maximum absolute atomic E-state index is 11.4. The first-order valence-electron chi connectivity index (χ1n) is 4.90. The Morgan fingerprint density at radius 3 is 3.07 bits per heavy atom. The topological polar surface area (TPSA) is 70.7 Å². The van der Waals surface area contributed by atoms with Crippen LogP contribution >= 0.6 is 0 Å². The van der Waals surface area contributed by atoms with Gasteiger partial charge in [0.25, 0.3) is 5.91 Å². The van der Waals surface area contributed by atoms with Crippen molar-refractivity contribution in [3.8, 4) is 0 Å². The molecular formula is C9H16N4O. The molecule has 5 nitrogen and oxygen atoms in total. The van der Waals surface area contributed by atoms with Crippen LogP contribution < -0.4 is 5.32 Å². The minimum atomic E-state index is -0.189. The molecule has 0 aromatic carbocycles. The molecule has 0 saturated heterocycles. The van der Waals surface area contributed by atoms with E-state index in [0.717, 1.165) is 19.3 Å². The van der Waals surface area contributed by atoms with E-state index in [9.17, 15) is 4.79 Å². The van der Waals surface area contributed by atoms with Crippen molar-refractivity contribution < 1.29 is 4.79 Å². The predicted molar refractivity (Wildman–Crippen MR) is 52.8 cm³/mol. The molecule has 0 aliphatic rings. The number of aromatic amines is 1. The Morgan fingerprint density at radius 2 is 2.50 bits per heavy atom. The molecule has 1 amide bonds. The van der Waals surface area contributed by atoms with Gasteiger partial charge in [-0.3, -0.25) is 9.89 Å². The van der Waals surface area contributed by atoms with Crippen molar-refractivity contribution in [3.63, 3.8) is 0 Å². The predicted octanol–water partition coefficient (Wildman–Crippen LogP) is 1.11. The van der Waals surface area contributed by atoms with Gasteiger partial charge in [-0.25, -0.2) is 4.98 Å². The number of hydrogen-bond acceptors (Lipinski definition) is 3. The highest BCUT2D eigenvalue weighted by Crippen LogP contribution is 2.00. The van der Waals surface area contributed by atoms with Crippen LogP contribution in [0.4, 0.5) is 0 Å². The van der Waals surface area contributed by atoms with E-state index in [1.165, 1.54) is 6.33 Å². The Balaban J connectivity index is 2.34. The van der Waals surface area contributed by atoms with Crippen LogP contribution in [-0.2, 0) is 0 Å². The van der Waals surface area contributed by atoms with E-state index in [4.69, 9.17) is 0 Å². The van der Waals surface area contributed by atoms with Crippen LogP contribution in [-0.4, -0.2) is 27.1 Å².